The van der Waals surface area contributed by atoms with E-state index in [0.717, 1.165) is 11.3 Å². The highest BCUT2D eigenvalue weighted by atomic mass is 35.5. The van der Waals surface area contributed by atoms with Crippen LogP contribution in [0.5, 0.6) is 11.5 Å². The molecular formula is C18H19ClN2O3S. The number of ether oxygens (including phenoxy) is 2. The molecule has 7 heteroatoms. The third-order valence-corrected chi connectivity index (χ3v) is 5.44. The maximum Gasteiger partial charge on any atom is 0.323 e. The highest BCUT2D eigenvalue weighted by Crippen LogP contribution is 2.45. The Bertz CT molecular complexity index is 754. The van der Waals surface area contributed by atoms with E-state index in [4.69, 9.17) is 21.1 Å². The molecule has 1 aliphatic rings. The summed E-state index contributed by atoms with van der Waals surface area (Å²) < 4.78 is 10.9. The van der Waals surface area contributed by atoms with Crippen molar-refractivity contribution in [3.63, 3.8) is 0 Å². The Hall–Kier alpha value is -2.05. The Morgan fingerprint density at radius 1 is 1.20 bits per heavy atom. The molecule has 1 atom stereocenters. The van der Waals surface area contributed by atoms with Gasteiger partial charge in [-0.05, 0) is 30.3 Å². The van der Waals surface area contributed by atoms with Crippen molar-refractivity contribution in [3.05, 3.63) is 53.1 Å². The Morgan fingerprint density at radius 2 is 1.96 bits per heavy atom. The normalized spacial score (nSPS) is 16.6. The van der Waals surface area contributed by atoms with Crippen molar-refractivity contribution in [1.82, 2.24) is 4.90 Å². The predicted molar refractivity (Wildman–Crippen MR) is 102 cm³/mol. The van der Waals surface area contributed by atoms with Crippen LogP contribution in [0.1, 0.15) is 10.9 Å². The molecule has 2 amide bonds. The predicted octanol–water partition coefficient (Wildman–Crippen LogP) is 4.64. The van der Waals surface area contributed by atoms with Gasteiger partial charge in [-0.2, -0.15) is 0 Å². The molecule has 132 valence electrons. The van der Waals surface area contributed by atoms with E-state index in [9.17, 15) is 4.79 Å². The molecular weight excluding hydrogens is 360 g/mol. The van der Waals surface area contributed by atoms with Crippen LogP contribution in [0, 0.1) is 0 Å². The minimum Gasteiger partial charge on any atom is -0.493 e. The van der Waals surface area contributed by atoms with Gasteiger partial charge in [0.1, 0.15) is 5.37 Å². The summed E-state index contributed by atoms with van der Waals surface area (Å²) in [4.78, 5) is 14.5. The molecule has 0 aromatic heterocycles. The summed E-state index contributed by atoms with van der Waals surface area (Å²) in [6.45, 7) is 0.662. The third-order valence-electron chi connectivity index (χ3n) is 3.95. The average molecular weight is 379 g/mol. The van der Waals surface area contributed by atoms with Crippen LogP contribution in [-0.4, -0.2) is 37.4 Å². The largest absolute Gasteiger partial charge is 0.493 e. The lowest BCUT2D eigenvalue weighted by Gasteiger charge is -2.26. The number of urea groups is 1. The van der Waals surface area contributed by atoms with Gasteiger partial charge in [-0.1, -0.05) is 23.7 Å². The second kappa shape index (κ2) is 7.89. The lowest BCUT2D eigenvalue weighted by Crippen LogP contribution is -2.34. The molecule has 1 heterocycles. The number of nitrogens with zero attached hydrogens (tertiary/aromatic N) is 1. The van der Waals surface area contributed by atoms with Crippen LogP contribution in [0.3, 0.4) is 0 Å². The molecule has 0 unspecified atom stereocenters. The molecule has 1 aliphatic heterocycles. The molecule has 0 saturated carbocycles. The lowest BCUT2D eigenvalue weighted by molar-refractivity contribution is 0.213. The number of carbonyl (C=O) groups is 1. The number of hydrogen-bond donors (Lipinski definition) is 1. The van der Waals surface area contributed by atoms with Gasteiger partial charge in [0.2, 0.25) is 0 Å². The fraction of sp³-hybridized carbons (Fsp3) is 0.278. The molecule has 5 nitrogen and oxygen atoms in total. The van der Waals surface area contributed by atoms with E-state index in [0.29, 0.717) is 28.8 Å². The molecule has 1 fully saturated rings. The van der Waals surface area contributed by atoms with Crippen LogP contribution in [0.15, 0.2) is 42.5 Å². The minimum atomic E-state index is -0.151. The molecule has 0 aliphatic carbocycles. The first kappa shape index (κ1) is 17.8. The monoisotopic (exact) mass is 378 g/mol. The number of amides is 2. The van der Waals surface area contributed by atoms with Gasteiger partial charge < -0.3 is 19.7 Å². The SMILES string of the molecule is COc1cccc([C@@H]2SCCN2C(=O)Nc2ccc(Cl)cc2)c1OC. The van der Waals surface area contributed by atoms with Gasteiger partial charge in [0.05, 0.1) is 14.2 Å². The van der Waals surface area contributed by atoms with Crippen LogP contribution < -0.4 is 14.8 Å². The number of carbonyl (C=O) groups excluding carboxylic acids is 1. The summed E-state index contributed by atoms with van der Waals surface area (Å²) in [5.74, 6) is 2.18. The number of para-hydroxylation sites is 1. The highest BCUT2D eigenvalue weighted by Gasteiger charge is 2.33. The fourth-order valence-electron chi connectivity index (χ4n) is 2.77. The van der Waals surface area contributed by atoms with Crippen LogP contribution in [0.4, 0.5) is 10.5 Å². The Morgan fingerprint density at radius 3 is 2.64 bits per heavy atom. The van der Waals surface area contributed by atoms with Gasteiger partial charge in [0.25, 0.3) is 0 Å². The molecule has 1 saturated heterocycles. The molecule has 0 spiro atoms. The van der Waals surface area contributed by atoms with Crippen LogP contribution >= 0.6 is 23.4 Å². The summed E-state index contributed by atoms with van der Waals surface area (Å²) in [6.07, 6.45) is 0. The fourth-order valence-corrected chi connectivity index (χ4v) is 4.17. The van der Waals surface area contributed by atoms with Crippen molar-refractivity contribution < 1.29 is 14.3 Å². The first-order valence-electron chi connectivity index (χ1n) is 7.79. The second-order valence-corrected chi connectivity index (χ2v) is 7.06. The van der Waals surface area contributed by atoms with Crippen molar-refractivity contribution >= 4 is 35.1 Å². The number of nitrogens with one attached hydrogen (secondary N) is 1. The van der Waals surface area contributed by atoms with Gasteiger partial charge in [0, 0.05) is 28.6 Å². The number of methoxy groups -OCH3 is 2. The summed E-state index contributed by atoms with van der Waals surface area (Å²) in [7, 11) is 3.22. The standard InChI is InChI=1S/C18H19ClN2O3S/c1-23-15-5-3-4-14(16(15)24-2)17-21(10-11-25-17)18(22)20-13-8-6-12(19)7-9-13/h3-9,17H,10-11H2,1-2H3,(H,20,22)/t17-/m0/s1. The Balaban J connectivity index is 1.83. The quantitative estimate of drug-likeness (QED) is 0.842. The number of benzene rings is 2. The minimum absolute atomic E-state index is 0.127. The van der Waals surface area contributed by atoms with Gasteiger partial charge in [0.15, 0.2) is 11.5 Å². The first-order chi connectivity index (χ1) is 12.1. The van der Waals surface area contributed by atoms with Crippen LogP contribution in [-0.2, 0) is 0 Å². The Kier molecular flexibility index (Phi) is 5.60. The first-order valence-corrected chi connectivity index (χ1v) is 9.22. The number of thioether (sulfide) groups is 1. The van der Waals surface area contributed by atoms with E-state index < -0.39 is 0 Å². The van der Waals surface area contributed by atoms with Gasteiger partial charge >= 0.3 is 6.03 Å². The third kappa shape index (κ3) is 3.80. The van der Waals surface area contributed by atoms with E-state index in [-0.39, 0.29) is 11.4 Å². The lowest BCUT2D eigenvalue weighted by atomic mass is 10.1. The van der Waals surface area contributed by atoms with Gasteiger partial charge in [-0.25, -0.2) is 4.79 Å². The smallest absolute Gasteiger partial charge is 0.323 e. The molecule has 25 heavy (non-hydrogen) atoms. The molecule has 2 aromatic rings. The Labute approximate surface area is 156 Å². The molecule has 3 rings (SSSR count). The number of rotatable bonds is 4. The number of anilines is 1. The highest BCUT2D eigenvalue weighted by molar-refractivity contribution is 7.99. The molecule has 0 radical (unpaired) electrons. The summed E-state index contributed by atoms with van der Waals surface area (Å²) in [5, 5.41) is 3.43. The molecule has 2 aromatic carbocycles. The van der Waals surface area contributed by atoms with Crippen molar-refractivity contribution in [2.75, 3.05) is 31.8 Å². The zero-order valence-electron chi connectivity index (χ0n) is 14.0. The van der Waals surface area contributed by atoms with E-state index in [1.54, 1.807) is 55.1 Å². The molecule has 1 N–H and O–H groups in total. The van der Waals surface area contributed by atoms with Crippen molar-refractivity contribution in [3.8, 4) is 11.5 Å². The average Bonchev–Trinajstić information content (AvgIpc) is 3.12. The van der Waals surface area contributed by atoms with Gasteiger partial charge in [-0.3, -0.25) is 0 Å². The van der Waals surface area contributed by atoms with Crippen molar-refractivity contribution in [2.24, 2.45) is 0 Å². The second-order valence-electron chi connectivity index (χ2n) is 5.44. The van der Waals surface area contributed by atoms with Crippen LogP contribution in [0.2, 0.25) is 5.02 Å². The van der Waals surface area contributed by atoms with Crippen LogP contribution in [0.25, 0.3) is 0 Å². The van der Waals surface area contributed by atoms with E-state index >= 15 is 0 Å². The van der Waals surface area contributed by atoms with E-state index in [2.05, 4.69) is 5.32 Å². The van der Waals surface area contributed by atoms with Gasteiger partial charge in [-0.15, -0.1) is 11.8 Å². The number of hydrogen-bond acceptors (Lipinski definition) is 4. The topological polar surface area (TPSA) is 50.8 Å². The molecule has 0 bridgehead atoms. The van der Waals surface area contributed by atoms with E-state index in [1.165, 1.54) is 0 Å². The number of halogens is 1. The zero-order valence-corrected chi connectivity index (χ0v) is 15.6. The van der Waals surface area contributed by atoms with E-state index in [1.807, 2.05) is 18.2 Å². The summed E-state index contributed by atoms with van der Waals surface area (Å²) in [6, 6.07) is 12.6. The maximum absolute atomic E-state index is 12.7. The summed E-state index contributed by atoms with van der Waals surface area (Å²) in [5.41, 5.74) is 1.64. The summed E-state index contributed by atoms with van der Waals surface area (Å²) >= 11 is 7.59. The zero-order chi connectivity index (χ0) is 17.8. The van der Waals surface area contributed by atoms with Crippen molar-refractivity contribution in [1.29, 1.82) is 0 Å². The maximum atomic E-state index is 12.7. The van der Waals surface area contributed by atoms with Crippen molar-refractivity contribution in [2.45, 2.75) is 5.37 Å².